The van der Waals surface area contributed by atoms with Gasteiger partial charge in [0.05, 0.1) is 19.8 Å². The number of pyridine rings is 1. The number of morpholine rings is 1. The summed E-state index contributed by atoms with van der Waals surface area (Å²) < 4.78 is 5.42. The monoisotopic (exact) mass is 433 g/mol. The van der Waals surface area contributed by atoms with E-state index in [0.717, 1.165) is 50.2 Å². The summed E-state index contributed by atoms with van der Waals surface area (Å²) in [5.41, 5.74) is 1.14. The second-order valence-corrected chi connectivity index (χ2v) is 5.58. The second kappa shape index (κ2) is 10.6. The first kappa shape index (κ1) is 20.0. The number of nitrogens with zero attached hydrogens (tertiary/aromatic N) is 3. The maximum absolute atomic E-state index is 5.42. The second-order valence-electron chi connectivity index (χ2n) is 5.58. The molecule has 0 spiro atoms. The van der Waals surface area contributed by atoms with Crippen LogP contribution >= 0.6 is 24.0 Å². The van der Waals surface area contributed by atoms with Crippen molar-refractivity contribution in [2.45, 2.75) is 33.4 Å². The summed E-state index contributed by atoms with van der Waals surface area (Å²) in [6, 6.07) is 4.42. The number of rotatable bonds is 5. The number of nitrogens with one attached hydrogen (secondary N) is 2. The van der Waals surface area contributed by atoms with Gasteiger partial charge in [0.25, 0.3) is 0 Å². The zero-order chi connectivity index (χ0) is 15.8. The van der Waals surface area contributed by atoms with Crippen molar-refractivity contribution in [3.05, 3.63) is 23.9 Å². The Balaban J connectivity index is 0.00000264. The SMILES string of the molecule is CCNC(=NCc1cccnc1N1CCOCC1)NC(C)C.I. The first-order valence-electron chi connectivity index (χ1n) is 8.02. The minimum atomic E-state index is 0. The van der Waals surface area contributed by atoms with E-state index in [-0.39, 0.29) is 24.0 Å². The van der Waals surface area contributed by atoms with Crippen molar-refractivity contribution in [3.63, 3.8) is 0 Å². The molecule has 0 atom stereocenters. The summed E-state index contributed by atoms with van der Waals surface area (Å²) in [6.45, 7) is 11.0. The van der Waals surface area contributed by atoms with E-state index in [1.54, 1.807) is 0 Å². The third-order valence-corrected chi connectivity index (χ3v) is 3.36. The maximum Gasteiger partial charge on any atom is 0.191 e. The van der Waals surface area contributed by atoms with Gasteiger partial charge in [0.1, 0.15) is 5.82 Å². The third-order valence-electron chi connectivity index (χ3n) is 3.36. The quantitative estimate of drug-likeness (QED) is 0.423. The Bertz CT molecular complexity index is 489. The van der Waals surface area contributed by atoms with Crippen molar-refractivity contribution in [1.29, 1.82) is 0 Å². The van der Waals surface area contributed by atoms with Crippen LogP contribution < -0.4 is 15.5 Å². The fraction of sp³-hybridized carbons (Fsp3) is 0.625. The molecule has 130 valence electrons. The van der Waals surface area contributed by atoms with Crippen LogP contribution in [0.15, 0.2) is 23.3 Å². The first-order chi connectivity index (χ1) is 10.7. The molecule has 1 aliphatic heterocycles. The number of halogens is 1. The fourth-order valence-corrected chi connectivity index (χ4v) is 2.37. The molecule has 7 heteroatoms. The first-order valence-corrected chi connectivity index (χ1v) is 8.02. The number of hydrogen-bond acceptors (Lipinski definition) is 4. The normalized spacial score (nSPS) is 15.3. The van der Waals surface area contributed by atoms with Crippen LogP contribution in [0.1, 0.15) is 26.3 Å². The van der Waals surface area contributed by atoms with Crippen LogP contribution in [0.2, 0.25) is 0 Å². The van der Waals surface area contributed by atoms with Gasteiger partial charge in [-0.3, -0.25) is 0 Å². The van der Waals surface area contributed by atoms with Gasteiger partial charge in [-0.2, -0.15) is 0 Å². The van der Waals surface area contributed by atoms with Crippen molar-refractivity contribution in [2.75, 3.05) is 37.7 Å². The van der Waals surface area contributed by atoms with Gasteiger partial charge in [0.2, 0.25) is 0 Å². The molecule has 2 N–H and O–H groups in total. The largest absolute Gasteiger partial charge is 0.378 e. The van der Waals surface area contributed by atoms with Gasteiger partial charge in [-0.1, -0.05) is 6.07 Å². The summed E-state index contributed by atoms with van der Waals surface area (Å²) in [4.78, 5) is 11.5. The molecule has 0 aliphatic carbocycles. The molecule has 0 unspecified atom stereocenters. The highest BCUT2D eigenvalue weighted by molar-refractivity contribution is 14.0. The van der Waals surface area contributed by atoms with Crippen LogP contribution in [0.25, 0.3) is 0 Å². The van der Waals surface area contributed by atoms with Crippen LogP contribution in [0.4, 0.5) is 5.82 Å². The zero-order valence-corrected chi connectivity index (χ0v) is 16.5. The number of aromatic nitrogens is 1. The molecule has 6 nitrogen and oxygen atoms in total. The molecule has 0 bridgehead atoms. The summed E-state index contributed by atoms with van der Waals surface area (Å²) in [5.74, 6) is 1.87. The van der Waals surface area contributed by atoms with E-state index in [0.29, 0.717) is 12.6 Å². The van der Waals surface area contributed by atoms with Gasteiger partial charge in [-0.25, -0.2) is 9.98 Å². The lowest BCUT2D eigenvalue weighted by Crippen LogP contribution is -2.41. The lowest BCUT2D eigenvalue weighted by atomic mass is 10.2. The number of guanidine groups is 1. The van der Waals surface area contributed by atoms with E-state index < -0.39 is 0 Å². The molecular formula is C16H28IN5O. The number of aliphatic imine (C=N–C) groups is 1. The molecule has 1 aromatic rings. The minimum absolute atomic E-state index is 0. The summed E-state index contributed by atoms with van der Waals surface area (Å²) in [7, 11) is 0. The molecule has 1 fully saturated rings. The fourth-order valence-electron chi connectivity index (χ4n) is 2.37. The van der Waals surface area contributed by atoms with E-state index in [2.05, 4.69) is 52.3 Å². The average molecular weight is 433 g/mol. The average Bonchev–Trinajstić information content (AvgIpc) is 2.53. The molecule has 1 aliphatic rings. The van der Waals surface area contributed by atoms with Crippen LogP contribution in [0.3, 0.4) is 0 Å². The highest BCUT2D eigenvalue weighted by atomic mass is 127. The van der Waals surface area contributed by atoms with Crippen molar-refractivity contribution in [2.24, 2.45) is 4.99 Å². The molecule has 0 radical (unpaired) electrons. The van der Waals surface area contributed by atoms with Crippen LogP contribution in [-0.4, -0.2) is 49.8 Å². The Hall–Kier alpha value is -1.09. The van der Waals surface area contributed by atoms with E-state index in [4.69, 9.17) is 4.74 Å². The highest BCUT2D eigenvalue weighted by Gasteiger charge is 2.15. The standard InChI is InChI=1S/C16H27N5O.HI/c1-4-17-16(20-13(2)3)19-12-14-6-5-7-18-15(14)21-8-10-22-11-9-21;/h5-7,13H,4,8-12H2,1-3H3,(H2,17,19,20);1H. The smallest absolute Gasteiger partial charge is 0.191 e. The summed E-state index contributed by atoms with van der Waals surface area (Å²) in [5, 5.41) is 6.60. The molecule has 23 heavy (non-hydrogen) atoms. The van der Waals surface area contributed by atoms with Gasteiger partial charge in [0.15, 0.2) is 5.96 Å². The van der Waals surface area contributed by atoms with Crippen molar-refractivity contribution < 1.29 is 4.74 Å². The predicted molar refractivity (Wildman–Crippen MR) is 106 cm³/mol. The topological polar surface area (TPSA) is 61.8 Å². The number of ether oxygens (including phenoxy) is 1. The third kappa shape index (κ3) is 6.50. The summed E-state index contributed by atoms with van der Waals surface area (Å²) in [6.07, 6.45) is 1.84. The molecule has 1 aromatic heterocycles. The van der Waals surface area contributed by atoms with Crippen LogP contribution in [0.5, 0.6) is 0 Å². The van der Waals surface area contributed by atoms with Crippen molar-refractivity contribution in [3.8, 4) is 0 Å². The van der Waals surface area contributed by atoms with Gasteiger partial charge >= 0.3 is 0 Å². The molecule has 2 rings (SSSR count). The van der Waals surface area contributed by atoms with Gasteiger partial charge in [-0.05, 0) is 26.8 Å². The maximum atomic E-state index is 5.42. The lowest BCUT2D eigenvalue weighted by Gasteiger charge is -2.29. The zero-order valence-electron chi connectivity index (χ0n) is 14.2. The molecular weight excluding hydrogens is 405 g/mol. The van der Waals surface area contributed by atoms with Gasteiger partial charge in [0, 0.05) is 37.4 Å². The van der Waals surface area contributed by atoms with Gasteiger partial charge < -0.3 is 20.3 Å². The Morgan fingerprint density at radius 1 is 1.39 bits per heavy atom. The van der Waals surface area contributed by atoms with E-state index >= 15 is 0 Å². The Morgan fingerprint density at radius 3 is 2.78 bits per heavy atom. The van der Waals surface area contributed by atoms with E-state index in [9.17, 15) is 0 Å². The van der Waals surface area contributed by atoms with Crippen LogP contribution in [0, 0.1) is 0 Å². The van der Waals surface area contributed by atoms with E-state index in [1.807, 2.05) is 12.3 Å². The summed E-state index contributed by atoms with van der Waals surface area (Å²) >= 11 is 0. The molecule has 0 saturated carbocycles. The van der Waals surface area contributed by atoms with Crippen LogP contribution in [-0.2, 0) is 11.3 Å². The lowest BCUT2D eigenvalue weighted by molar-refractivity contribution is 0.122. The van der Waals surface area contributed by atoms with Crippen molar-refractivity contribution >= 4 is 35.8 Å². The minimum Gasteiger partial charge on any atom is -0.378 e. The molecule has 2 heterocycles. The van der Waals surface area contributed by atoms with Gasteiger partial charge in [-0.15, -0.1) is 24.0 Å². The Morgan fingerprint density at radius 2 is 2.13 bits per heavy atom. The Labute approximate surface area is 156 Å². The molecule has 0 amide bonds. The highest BCUT2D eigenvalue weighted by Crippen LogP contribution is 2.19. The predicted octanol–water partition coefficient (Wildman–Crippen LogP) is 2.00. The Kier molecular flexibility index (Phi) is 9.23. The number of anilines is 1. The van der Waals surface area contributed by atoms with Crippen molar-refractivity contribution in [1.82, 2.24) is 15.6 Å². The molecule has 1 saturated heterocycles. The molecule has 0 aromatic carbocycles. The van der Waals surface area contributed by atoms with E-state index in [1.165, 1.54) is 0 Å². The number of hydrogen-bond donors (Lipinski definition) is 2.